The summed E-state index contributed by atoms with van der Waals surface area (Å²) in [7, 11) is 0. The van der Waals surface area contributed by atoms with Gasteiger partial charge in [0.05, 0.1) is 18.8 Å². The van der Waals surface area contributed by atoms with Crippen LogP contribution in [0.2, 0.25) is 0 Å². The Morgan fingerprint density at radius 2 is 2.33 bits per heavy atom. The van der Waals surface area contributed by atoms with Crippen LogP contribution in [0.5, 0.6) is 0 Å². The minimum atomic E-state index is -0.672. The lowest BCUT2D eigenvalue weighted by atomic mass is 9.78. The lowest BCUT2D eigenvalue weighted by Gasteiger charge is -2.34. The summed E-state index contributed by atoms with van der Waals surface area (Å²) >= 11 is 0. The van der Waals surface area contributed by atoms with Crippen LogP contribution in [-0.2, 0) is 4.74 Å². The van der Waals surface area contributed by atoms with Crippen LogP contribution in [0.15, 0.2) is 24.3 Å². The Kier molecular flexibility index (Phi) is 3.27. The van der Waals surface area contributed by atoms with E-state index in [0.717, 1.165) is 24.8 Å². The van der Waals surface area contributed by atoms with Crippen molar-refractivity contribution < 1.29 is 9.84 Å². The van der Waals surface area contributed by atoms with Gasteiger partial charge in [0, 0.05) is 5.92 Å². The first-order valence-electron chi connectivity index (χ1n) is 5.89. The first-order chi connectivity index (χ1) is 7.27. The number of ether oxygens (including phenoxy) is 1. The molecule has 1 heterocycles. The molecule has 1 aliphatic carbocycles. The fraction of sp³-hybridized carbons (Fsp3) is 0.692. The van der Waals surface area contributed by atoms with Crippen LogP contribution < -0.4 is 0 Å². The Hall–Kier alpha value is -0.600. The number of aliphatic hydroxyl groups is 1. The zero-order valence-corrected chi connectivity index (χ0v) is 9.24. The van der Waals surface area contributed by atoms with E-state index in [1.807, 2.05) is 12.2 Å². The van der Waals surface area contributed by atoms with E-state index in [9.17, 15) is 5.11 Å². The lowest BCUT2D eigenvalue weighted by Crippen LogP contribution is -2.39. The average molecular weight is 208 g/mol. The van der Waals surface area contributed by atoms with E-state index in [4.69, 9.17) is 4.74 Å². The molecule has 0 bridgehead atoms. The first kappa shape index (κ1) is 10.9. The van der Waals surface area contributed by atoms with Gasteiger partial charge >= 0.3 is 0 Å². The van der Waals surface area contributed by atoms with E-state index in [-0.39, 0.29) is 5.92 Å². The van der Waals surface area contributed by atoms with Gasteiger partial charge in [0.2, 0.25) is 0 Å². The lowest BCUT2D eigenvalue weighted by molar-refractivity contribution is 0.0209. The summed E-state index contributed by atoms with van der Waals surface area (Å²) in [6, 6.07) is 0. The second kappa shape index (κ2) is 4.50. The third-order valence-electron chi connectivity index (χ3n) is 3.73. The molecule has 1 fully saturated rings. The van der Waals surface area contributed by atoms with E-state index < -0.39 is 5.60 Å². The third kappa shape index (κ3) is 2.01. The highest BCUT2D eigenvalue weighted by Crippen LogP contribution is 2.39. The Balaban J connectivity index is 2.23. The Bertz CT molecular complexity index is 270. The smallest absolute Gasteiger partial charge is 0.0941 e. The highest BCUT2D eigenvalue weighted by Gasteiger charge is 2.39. The molecule has 1 aliphatic heterocycles. The molecule has 2 rings (SSSR count). The monoisotopic (exact) mass is 208 g/mol. The molecule has 2 nitrogen and oxygen atoms in total. The second-order valence-corrected chi connectivity index (χ2v) is 4.61. The summed E-state index contributed by atoms with van der Waals surface area (Å²) in [5.41, 5.74) is 0.406. The molecule has 2 aliphatic rings. The van der Waals surface area contributed by atoms with Crippen molar-refractivity contribution in [3.8, 4) is 0 Å². The Morgan fingerprint density at radius 1 is 1.47 bits per heavy atom. The zero-order chi connectivity index (χ0) is 10.7. The van der Waals surface area contributed by atoms with Crippen molar-refractivity contribution in [1.29, 1.82) is 0 Å². The maximum absolute atomic E-state index is 10.8. The van der Waals surface area contributed by atoms with Gasteiger partial charge in [-0.05, 0) is 18.4 Å². The van der Waals surface area contributed by atoms with E-state index in [2.05, 4.69) is 6.58 Å². The molecule has 2 atom stereocenters. The number of hydrogen-bond acceptors (Lipinski definition) is 2. The molecule has 0 amide bonds. The van der Waals surface area contributed by atoms with E-state index >= 15 is 0 Å². The highest BCUT2D eigenvalue weighted by atomic mass is 16.5. The molecule has 84 valence electrons. The van der Waals surface area contributed by atoms with E-state index in [0.29, 0.717) is 13.2 Å². The van der Waals surface area contributed by atoms with Crippen LogP contribution in [0.1, 0.15) is 32.1 Å². The summed E-state index contributed by atoms with van der Waals surface area (Å²) in [5, 5.41) is 10.8. The maximum atomic E-state index is 10.8. The van der Waals surface area contributed by atoms with Crippen molar-refractivity contribution in [2.45, 2.75) is 37.7 Å². The molecule has 0 aromatic heterocycles. The van der Waals surface area contributed by atoms with Crippen molar-refractivity contribution in [1.82, 2.24) is 0 Å². The molecule has 1 saturated carbocycles. The quantitative estimate of drug-likeness (QED) is 0.558. The van der Waals surface area contributed by atoms with Crippen LogP contribution in [0, 0.1) is 5.92 Å². The molecular weight excluding hydrogens is 188 g/mol. The van der Waals surface area contributed by atoms with Gasteiger partial charge in [-0.25, -0.2) is 0 Å². The Labute approximate surface area is 91.6 Å². The molecular formula is C13H20O2. The summed E-state index contributed by atoms with van der Waals surface area (Å²) < 4.78 is 5.32. The van der Waals surface area contributed by atoms with Crippen molar-refractivity contribution in [3.05, 3.63) is 24.3 Å². The van der Waals surface area contributed by atoms with E-state index in [1.165, 1.54) is 12.8 Å². The average Bonchev–Trinajstić information content (AvgIpc) is 2.70. The highest BCUT2D eigenvalue weighted by molar-refractivity contribution is 5.24. The normalized spacial score (nSPS) is 37.1. The molecule has 0 unspecified atom stereocenters. The van der Waals surface area contributed by atoms with Gasteiger partial charge < -0.3 is 9.84 Å². The number of hydrogen-bond donors (Lipinski definition) is 1. The second-order valence-electron chi connectivity index (χ2n) is 4.61. The standard InChI is InChI=1S/C13H20O2/c1-2-11-6-4-3-5-8-13(11,14)12-7-9-15-10-12/h2,7,11,14H,1,3-6,8-10H2/t11-,13-/m0/s1. The van der Waals surface area contributed by atoms with E-state index in [1.54, 1.807) is 0 Å². The molecule has 0 spiro atoms. The number of rotatable bonds is 2. The molecule has 0 aromatic carbocycles. The summed E-state index contributed by atoms with van der Waals surface area (Å²) in [4.78, 5) is 0. The third-order valence-corrected chi connectivity index (χ3v) is 3.73. The van der Waals surface area contributed by atoms with Gasteiger partial charge in [-0.3, -0.25) is 0 Å². The van der Waals surface area contributed by atoms with Crippen LogP contribution in [0.4, 0.5) is 0 Å². The molecule has 0 radical (unpaired) electrons. The molecule has 1 N–H and O–H groups in total. The zero-order valence-electron chi connectivity index (χ0n) is 9.24. The van der Waals surface area contributed by atoms with Gasteiger partial charge in [0.15, 0.2) is 0 Å². The topological polar surface area (TPSA) is 29.5 Å². The van der Waals surface area contributed by atoms with Crippen molar-refractivity contribution in [3.63, 3.8) is 0 Å². The molecule has 15 heavy (non-hydrogen) atoms. The maximum Gasteiger partial charge on any atom is 0.0941 e. The summed E-state index contributed by atoms with van der Waals surface area (Å²) in [5.74, 6) is 0.202. The first-order valence-corrected chi connectivity index (χ1v) is 5.89. The molecule has 0 saturated heterocycles. The Morgan fingerprint density at radius 3 is 3.00 bits per heavy atom. The minimum Gasteiger partial charge on any atom is -0.385 e. The molecule has 2 heteroatoms. The SMILES string of the molecule is C=C[C@H]1CCCCC[C@@]1(O)C1=CCOC1. The summed E-state index contributed by atoms with van der Waals surface area (Å²) in [6.45, 7) is 5.12. The van der Waals surface area contributed by atoms with Gasteiger partial charge in [-0.1, -0.05) is 31.4 Å². The minimum absolute atomic E-state index is 0.202. The van der Waals surface area contributed by atoms with Crippen LogP contribution >= 0.6 is 0 Å². The van der Waals surface area contributed by atoms with Gasteiger partial charge in [0.1, 0.15) is 0 Å². The van der Waals surface area contributed by atoms with Crippen LogP contribution in [0.25, 0.3) is 0 Å². The largest absolute Gasteiger partial charge is 0.385 e. The fourth-order valence-corrected chi connectivity index (χ4v) is 2.76. The van der Waals surface area contributed by atoms with Crippen molar-refractivity contribution >= 4 is 0 Å². The van der Waals surface area contributed by atoms with Crippen molar-refractivity contribution in [2.24, 2.45) is 5.92 Å². The van der Waals surface area contributed by atoms with Gasteiger partial charge in [-0.2, -0.15) is 0 Å². The molecule has 0 aromatic rings. The van der Waals surface area contributed by atoms with Crippen LogP contribution in [0.3, 0.4) is 0 Å². The van der Waals surface area contributed by atoms with Gasteiger partial charge in [0.25, 0.3) is 0 Å². The van der Waals surface area contributed by atoms with Crippen molar-refractivity contribution in [2.75, 3.05) is 13.2 Å². The summed E-state index contributed by atoms with van der Waals surface area (Å²) in [6.07, 6.45) is 9.41. The van der Waals surface area contributed by atoms with Crippen LogP contribution in [-0.4, -0.2) is 23.9 Å². The van der Waals surface area contributed by atoms with Gasteiger partial charge in [-0.15, -0.1) is 6.58 Å². The predicted octanol–water partition coefficient (Wildman–Crippen LogP) is 2.44. The fourth-order valence-electron chi connectivity index (χ4n) is 2.76. The predicted molar refractivity (Wildman–Crippen MR) is 60.6 cm³/mol.